The number of nitrogens with zero attached hydrogens (tertiary/aromatic N) is 4. The molecule has 4 bridgehead atoms. The van der Waals surface area contributed by atoms with Gasteiger partial charge in [-0.15, -0.1) is 0 Å². The van der Waals surface area contributed by atoms with Gasteiger partial charge in [0.1, 0.15) is 11.5 Å². The van der Waals surface area contributed by atoms with Crippen LogP contribution in [0.5, 0.6) is 0 Å². The Labute approximate surface area is 212 Å². The Hall–Kier alpha value is -2.96. The summed E-state index contributed by atoms with van der Waals surface area (Å²) in [5.74, 6) is -4.34. The quantitative estimate of drug-likeness (QED) is 0.416. The standard InChI is InChI=1S/C27H28F4N4O2/c1-23(29,30)22-33-21(34-37-22)26-5-2-24(3-6-26,4-7-26)16-35(19-9-17(12-32)8-18(28)10-19)20(36)11-25-13-27(31,14-25)15-25/h8-10H,2-7,11,13-16H2,1H3. The van der Waals surface area contributed by atoms with E-state index in [0.717, 1.165) is 32.3 Å². The van der Waals surface area contributed by atoms with Crippen LogP contribution in [0.3, 0.4) is 0 Å². The van der Waals surface area contributed by atoms with E-state index >= 15 is 0 Å². The molecule has 6 aliphatic rings. The van der Waals surface area contributed by atoms with Crippen LogP contribution in [-0.4, -0.2) is 28.3 Å². The molecule has 6 aliphatic carbocycles. The fraction of sp³-hybridized carbons (Fsp3) is 0.630. The summed E-state index contributed by atoms with van der Waals surface area (Å²) in [6.07, 6.45) is 5.57. The zero-order valence-electron chi connectivity index (χ0n) is 20.6. The first-order valence-corrected chi connectivity index (χ1v) is 12.8. The summed E-state index contributed by atoms with van der Waals surface area (Å²) in [4.78, 5) is 19.2. The summed E-state index contributed by atoms with van der Waals surface area (Å²) < 4.78 is 60.7. The normalized spacial score (nSPS) is 33.8. The van der Waals surface area contributed by atoms with Gasteiger partial charge in [0.05, 0.1) is 11.6 Å². The highest BCUT2D eigenvalue weighted by Gasteiger charge is 2.69. The van der Waals surface area contributed by atoms with Crippen molar-refractivity contribution in [3.8, 4) is 6.07 Å². The van der Waals surface area contributed by atoms with Gasteiger partial charge in [0, 0.05) is 31.0 Å². The Kier molecular flexibility index (Phi) is 5.12. The Balaban J connectivity index is 1.23. The van der Waals surface area contributed by atoms with Crippen molar-refractivity contribution in [2.24, 2.45) is 10.8 Å². The molecule has 37 heavy (non-hydrogen) atoms. The second kappa shape index (κ2) is 7.78. The van der Waals surface area contributed by atoms with Crippen LogP contribution in [0.4, 0.5) is 23.2 Å². The molecule has 196 valence electrons. The molecule has 0 spiro atoms. The highest BCUT2D eigenvalue weighted by atomic mass is 19.3. The van der Waals surface area contributed by atoms with Gasteiger partial charge >= 0.3 is 5.92 Å². The zero-order chi connectivity index (χ0) is 26.3. The molecule has 1 heterocycles. The molecule has 1 amide bonds. The maximum atomic E-state index is 14.4. The molecule has 0 unspecified atom stereocenters. The van der Waals surface area contributed by atoms with Crippen molar-refractivity contribution in [1.82, 2.24) is 10.1 Å². The number of fused-ring (bicyclic) bond motifs is 3. The van der Waals surface area contributed by atoms with Gasteiger partial charge in [-0.2, -0.15) is 19.0 Å². The van der Waals surface area contributed by atoms with Crippen molar-refractivity contribution in [3.63, 3.8) is 0 Å². The highest BCUT2D eigenvalue weighted by Crippen LogP contribution is 2.71. The summed E-state index contributed by atoms with van der Waals surface area (Å²) in [5, 5.41) is 13.3. The average molecular weight is 517 g/mol. The van der Waals surface area contributed by atoms with Crippen molar-refractivity contribution < 1.29 is 26.9 Å². The molecule has 0 radical (unpaired) electrons. The first-order valence-electron chi connectivity index (χ1n) is 12.8. The number of alkyl halides is 3. The van der Waals surface area contributed by atoms with Gasteiger partial charge in [-0.1, -0.05) is 5.16 Å². The predicted molar refractivity (Wildman–Crippen MR) is 124 cm³/mol. The van der Waals surface area contributed by atoms with E-state index in [0.29, 0.717) is 56.6 Å². The Morgan fingerprint density at radius 1 is 1.11 bits per heavy atom. The largest absolute Gasteiger partial charge is 0.333 e. The lowest BCUT2D eigenvalue weighted by molar-refractivity contribution is -0.215. The number of nitriles is 1. The van der Waals surface area contributed by atoms with Gasteiger partial charge in [-0.05, 0) is 86.8 Å². The summed E-state index contributed by atoms with van der Waals surface area (Å²) in [6.45, 7) is 1.09. The van der Waals surface area contributed by atoms with E-state index in [4.69, 9.17) is 4.52 Å². The fourth-order valence-electron chi connectivity index (χ4n) is 7.37. The van der Waals surface area contributed by atoms with E-state index in [1.165, 1.54) is 12.1 Å². The number of aromatic nitrogens is 2. The Bertz CT molecular complexity index is 1270. The molecule has 0 aliphatic heterocycles. The summed E-state index contributed by atoms with van der Waals surface area (Å²) in [7, 11) is 0. The second-order valence-electron chi connectivity index (χ2n) is 12.2. The van der Waals surface area contributed by atoms with Crippen molar-refractivity contribution in [2.45, 2.75) is 88.1 Å². The number of carbonyl (C=O) groups excluding carboxylic acids is 1. The number of anilines is 1. The van der Waals surface area contributed by atoms with Crippen molar-refractivity contribution in [1.29, 1.82) is 5.26 Å². The van der Waals surface area contributed by atoms with Crippen LogP contribution in [0, 0.1) is 28.0 Å². The predicted octanol–water partition coefficient (Wildman–Crippen LogP) is 6.10. The summed E-state index contributed by atoms with van der Waals surface area (Å²) in [5.41, 5.74) is -1.63. The van der Waals surface area contributed by atoms with Crippen molar-refractivity contribution >= 4 is 11.6 Å². The van der Waals surface area contributed by atoms with Gasteiger partial charge in [-0.3, -0.25) is 4.79 Å². The smallest absolute Gasteiger partial charge is 0.322 e. The summed E-state index contributed by atoms with van der Waals surface area (Å²) in [6, 6.07) is 5.88. The van der Waals surface area contributed by atoms with Crippen LogP contribution in [-0.2, 0) is 16.1 Å². The first-order chi connectivity index (χ1) is 17.4. The SMILES string of the molecule is CC(F)(F)c1nc(C23CCC(CN(C(=O)CC45CC(F)(C4)C5)c4cc(F)cc(C#N)c4)(CC2)CC3)no1. The molecule has 1 aromatic carbocycles. The fourth-order valence-corrected chi connectivity index (χ4v) is 7.37. The van der Waals surface area contributed by atoms with Gasteiger partial charge in [0.25, 0.3) is 5.89 Å². The van der Waals surface area contributed by atoms with E-state index < -0.39 is 28.7 Å². The Morgan fingerprint density at radius 2 is 1.76 bits per heavy atom. The number of halogens is 4. The zero-order valence-corrected chi connectivity index (χ0v) is 20.6. The van der Waals surface area contributed by atoms with Gasteiger partial charge in [0.2, 0.25) is 5.91 Å². The van der Waals surface area contributed by atoms with Gasteiger partial charge in [-0.25, -0.2) is 8.78 Å². The van der Waals surface area contributed by atoms with Crippen molar-refractivity contribution in [2.75, 3.05) is 11.4 Å². The molecular weight excluding hydrogens is 488 g/mol. The number of carbonyl (C=O) groups is 1. The molecule has 8 rings (SSSR count). The third kappa shape index (κ3) is 4.02. The number of hydrogen-bond acceptors (Lipinski definition) is 5. The van der Waals surface area contributed by atoms with Crippen LogP contribution in [0.25, 0.3) is 0 Å². The molecule has 6 saturated carbocycles. The van der Waals surface area contributed by atoms with E-state index in [-0.39, 0.29) is 28.7 Å². The van der Waals surface area contributed by atoms with Crippen LogP contribution in [0.1, 0.15) is 88.4 Å². The van der Waals surface area contributed by atoms with Crippen LogP contribution >= 0.6 is 0 Å². The van der Waals surface area contributed by atoms with E-state index in [9.17, 15) is 27.6 Å². The van der Waals surface area contributed by atoms with Crippen LogP contribution < -0.4 is 4.90 Å². The average Bonchev–Trinajstić information content (AvgIpc) is 3.34. The second-order valence-corrected chi connectivity index (χ2v) is 12.2. The minimum atomic E-state index is -3.20. The van der Waals surface area contributed by atoms with Crippen molar-refractivity contribution in [3.05, 3.63) is 41.3 Å². The lowest BCUT2D eigenvalue weighted by atomic mass is 9.41. The molecule has 0 saturated heterocycles. The molecule has 1 aromatic heterocycles. The molecule has 2 aromatic rings. The van der Waals surface area contributed by atoms with E-state index in [1.807, 2.05) is 6.07 Å². The minimum absolute atomic E-state index is 0.130. The van der Waals surface area contributed by atoms with Crippen LogP contribution in [0.15, 0.2) is 22.7 Å². The lowest BCUT2D eigenvalue weighted by Crippen LogP contribution is -2.65. The number of benzene rings is 1. The maximum absolute atomic E-state index is 14.4. The minimum Gasteiger partial charge on any atom is -0.333 e. The Morgan fingerprint density at radius 3 is 2.30 bits per heavy atom. The molecular formula is C27H28F4N4O2. The molecule has 0 N–H and O–H groups in total. The number of hydrogen-bond donors (Lipinski definition) is 0. The third-order valence-corrected chi connectivity index (χ3v) is 9.40. The first kappa shape index (κ1) is 24.4. The monoisotopic (exact) mass is 516 g/mol. The number of rotatable bonds is 7. The molecule has 6 fully saturated rings. The molecule has 6 nitrogen and oxygen atoms in total. The van der Waals surface area contributed by atoms with E-state index in [2.05, 4.69) is 10.1 Å². The highest BCUT2D eigenvalue weighted by molar-refractivity contribution is 5.94. The molecule has 0 atom stereocenters. The summed E-state index contributed by atoms with van der Waals surface area (Å²) >= 11 is 0. The lowest BCUT2D eigenvalue weighted by Gasteiger charge is -2.66. The van der Waals surface area contributed by atoms with E-state index in [1.54, 1.807) is 4.90 Å². The van der Waals surface area contributed by atoms with Gasteiger partial charge in [0.15, 0.2) is 5.82 Å². The number of amides is 1. The topological polar surface area (TPSA) is 83.0 Å². The van der Waals surface area contributed by atoms with Crippen LogP contribution in [0.2, 0.25) is 0 Å². The molecule has 10 heteroatoms. The third-order valence-electron chi connectivity index (χ3n) is 9.40. The maximum Gasteiger partial charge on any atom is 0.322 e. The van der Waals surface area contributed by atoms with Gasteiger partial charge < -0.3 is 9.42 Å².